The van der Waals surface area contributed by atoms with Gasteiger partial charge in [0.2, 0.25) is 0 Å². The number of guanidine groups is 1. The number of hydrogen-bond acceptors (Lipinski definition) is 3. The van der Waals surface area contributed by atoms with Gasteiger partial charge in [-0.1, -0.05) is 51.0 Å². The monoisotopic (exact) mass is 516 g/mol. The molecule has 1 fully saturated rings. The Morgan fingerprint density at radius 2 is 1.72 bits per heavy atom. The first-order valence-electron chi connectivity index (χ1n) is 10.9. The van der Waals surface area contributed by atoms with Gasteiger partial charge in [0, 0.05) is 39.3 Å². The quantitative estimate of drug-likeness (QED) is 0.262. The number of aliphatic hydroxyl groups excluding tert-OH is 1. The highest BCUT2D eigenvalue weighted by atomic mass is 127. The molecule has 0 saturated carbocycles. The Balaban J connectivity index is 0.00000420. The van der Waals surface area contributed by atoms with Crippen LogP contribution in [0.5, 0.6) is 0 Å². The van der Waals surface area contributed by atoms with Crippen molar-refractivity contribution in [1.29, 1.82) is 0 Å². The maximum atomic E-state index is 9.62. The predicted octanol–water partition coefficient (Wildman–Crippen LogP) is 4.14. The SMILES string of the molecule is CN=C(NCc1ccc(CN2CCC(O)CC2)cc1)NC(C)CCCC(C)C.I. The molecular formula is C23H41IN4O. The van der Waals surface area contributed by atoms with Crippen LogP contribution in [0, 0.1) is 5.92 Å². The number of aliphatic imine (C=N–C) groups is 1. The van der Waals surface area contributed by atoms with Crippen molar-refractivity contribution in [2.45, 2.75) is 78.1 Å². The van der Waals surface area contributed by atoms with E-state index in [4.69, 9.17) is 0 Å². The van der Waals surface area contributed by atoms with E-state index >= 15 is 0 Å². The summed E-state index contributed by atoms with van der Waals surface area (Å²) in [7, 11) is 1.83. The molecule has 0 aromatic heterocycles. The Morgan fingerprint density at radius 1 is 1.10 bits per heavy atom. The van der Waals surface area contributed by atoms with Crippen LogP contribution in [-0.4, -0.2) is 48.2 Å². The van der Waals surface area contributed by atoms with Crippen LogP contribution >= 0.6 is 24.0 Å². The molecule has 1 aliphatic heterocycles. The molecule has 1 atom stereocenters. The minimum atomic E-state index is -0.106. The van der Waals surface area contributed by atoms with Crippen molar-refractivity contribution in [1.82, 2.24) is 15.5 Å². The molecule has 0 radical (unpaired) electrons. The fourth-order valence-corrected chi connectivity index (χ4v) is 3.62. The van der Waals surface area contributed by atoms with Gasteiger partial charge in [0.15, 0.2) is 5.96 Å². The Bertz CT molecular complexity index is 583. The largest absolute Gasteiger partial charge is 0.393 e. The van der Waals surface area contributed by atoms with Crippen LogP contribution < -0.4 is 10.6 Å². The third kappa shape index (κ3) is 10.6. The van der Waals surface area contributed by atoms with Crippen molar-refractivity contribution in [2.24, 2.45) is 10.9 Å². The molecule has 1 heterocycles. The summed E-state index contributed by atoms with van der Waals surface area (Å²) in [6.07, 6.45) is 5.38. The van der Waals surface area contributed by atoms with E-state index < -0.39 is 0 Å². The van der Waals surface area contributed by atoms with E-state index in [9.17, 15) is 5.11 Å². The Kier molecular flexibility index (Phi) is 12.8. The standard InChI is InChI=1S/C23H40N4O.HI/c1-18(2)6-5-7-19(3)26-23(24-4)25-16-20-8-10-21(11-9-20)17-27-14-12-22(28)13-15-27;/h8-11,18-19,22,28H,5-7,12-17H2,1-4H3,(H2,24,25,26);1H. The van der Waals surface area contributed by atoms with Crippen LogP contribution in [-0.2, 0) is 13.1 Å². The molecule has 166 valence electrons. The molecule has 6 heteroatoms. The van der Waals surface area contributed by atoms with E-state index in [0.717, 1.165) is 50.9 Å². The average Bonchev–Trinajstić information content (AvgIpc) is 2.67. The Morgan fingerprint density at radius 3 is 2.31 bits per heavy atom. The van der Waals surface area contributed by atoms with Crippen molar-refractivity contribution < 1.29 is 5.11 Å². The van der Waals surface area contributed by atoms with Gasteiger partial charge in [-0.25, -0.2) is 0 Å². The zero-order chi connectivity index (χ0) is 20.4. The summed E-state index contributed by atoms with van der Waals surface area (Å²) in [5.74, 6) is 1.64. The van der Waals surface area contributed by atoms with E-state index in [-0.39, 0.29) is 30.1 Å². The number of hydrogen-bond donors (Lipinski definition) is 3. The molecule has 1 unspecified atom stereocenters. The van der Waals surface area contributed by atoms with E-state index in [0.29, 0.717) is 6.04 Å². The first-order valence-corrected chi connectivity index (χ1v) is 10.9. The molecule has 1 saturated heterocycles. The Hall–Kier alpha value is -0.860. The van der Waals surface area contributed by atoms with Gasteiger partial charge in [-0.15, -0.1) is 24.0 Å². The third-order valence-electron chi connectivity index (χ3n) is 5.47. The van der Waals surface area contributed by atoms with E-state index in [2.05, 4.69) is 65.6 Å². The number of nitrogens with one attached hydrogen (secondary N) is 2. The van der Waals surface area contributed by atoms with Crippen molar-refractivity contribution >= 4 is 29.9 Å². The molecule has 5 nitrogen and oxygen atoms in total. The summed E-state index contributed by atoms with van der Waals surface area (Å²) in [5, 5.41) is 16.5. The maximum Gasteiger partial charge on any atom is 0.191 e. The molecule has 3 N–H and O–H groups in total. The number of nitrogens with zero attached hydrogens (tertiary/aromatic N) is 2. The molecule has 0 aliphatic carbocycles. The van der Waals surface area contributed by atoms with Gasteiger partial charge in [0.05, 0.1) is 6.10 Å². The second kappa shape index (κ2) is 14.2. The first kappa shape index (κ1) is 26.2. The summed E-state index contributed by atoms with van der Waals surface area (Å²) in [6.45, 7) is 10.5. The second-order valence-electron chi connectivity index (χ2n) is 8.62. The van der Waals surface area contributed by atoms with Gasteiger partial charge in [-0.05, 0) is 43.2 Å². The first-order chi connectivity index (χ1) is 13.5. The number of piperidine rings is 1. The van der Waals surface area contributed by atoms with Crippen LogP contribution in [0.3, 0.4) is 0 Å². The summed E-state index contributed by atoms with van der Waals surface area (Å²) in [6, 6.07) is 9.25. The molecule has 1 aromatic rings. The molecular weight excluding hydrogens is 475 g/mol. The van der Waals surface area contributed by atoms with Crippen LogP contribution in [0.4, 0.5) is 0 Å². The molecule has 29 heavy (non-hydrogen) atoms. The number of benzene rings is 1. The minimum Gasteiger partial charge on any atom is -0.393 e. The number of halogens is 1. The van der Waals surface area contributed by atoms with Crippen LogP contribution in [0.25, 0.3) is 0 Å². The highest BCUT2D eigenvalue weighted by molar-refractivity contribution is 14.0. The van der Waals surface area contributed by atoms with Gasteiger partial charge in [-0.3, -0.25) is 9.89 Å². The Labute approximate surface area is 194 Å². The van der Waals surface area contributed by atoms with Crippen molar-refractivity contribution in [3.63, 3.8) is 0 Å². The lowest BCUT2D eigenvalue weighted by Crippen LogP contribution is -2.41. The third-order valence-corrected chi connectivity index (χ3v) is 5.47. The predicted molar refractivity (Wildman–Crippen MR) is 134 cm³/mol. The normalized spacial score (nSPS) is 17.1. The summed E-state index contributed by atoms with van der Waals surface area (Å²) >= 11 is 0. The highest BCUT2D eigenvalue weighted by Gasteiger charge is 2.16. The maximum absolute atomic E-state index is 9.62. The molecule has 1 aromatic carbocycles. The highest BCUT2D eigenvalue weighted by Crippen LogP contribution is 2.14. The van der Waals surface area contributed by atoms with Gasteiger partial charge in [-0.2, -0.15) is 0 Å². The summed E-state index contributed by atoms with van der Waals surface area (Å²) < 4.78 is 0. The zero-order valence-corrected chi connectivity index (χ0v) is 21.0. The molecule has 0 bridgehead atoms. The topological polar surface area (TPSA) is 59.9 Å². The molecule has 0 spiro atoms. The van der Waals surface area contributed by atoms with Gasteiger partial charge < -0.3 is 15.7 Å². The van der Waals surface area contributed by atoms with Gasteiger partial charge >= 0.3 is 0 Å². The molecule has 2 rings (SSSR count). The molecule has 0 amide bonds. The van der Waals surface area contributed by atoms with Crippen molar-refractivity contribution in [3.05, 3.63) is 35.4 Å². The van der Waals surface area contributed by atoms with Crippen molar-refractivity contribution in [3.8, 4) is 0 Å². The van der Waals surface area contributed by atoms with E-state index in [1.54, 1.807) is 0 Å². The number of rotatable bonds is 9. The van der Waals surface area contributed by atoms with E-state index in [1.807, 2.05) is 7.05 Å². The summed E-state index contributed by atoms with van der Waals surface area (Å²) in [5.41, 5.74) is 2.59. The second-order valence-corrected chi connectivity index (χ2v) is 8.62. The van der Waals surface area contributed by atoms with E-state index in [1.165, 1.54) is 30.4 Å². The fraction of sp³-hybridized carbons (Fsp3) is 0.696. The zero-order valence-electron chi connectivity index (χ0n) is 18.7. The van der Waals surface area contributed by atoms with Crippen molar-refractivity contribution in [2.75, 3.05) is 20.1 Å². The smallest absolute Gasteiger partial charge is 0.191 e. The van der Waals surface area contributed by atoms with Gasteiger partial charge in [0.25, 0.3) is 0 Å². The summed E-state index contributed by atoms with van der Waals surface area (Å²) in [4.78, 5) is 6.78. The van der Waals surface area contributed by atoms with Crippen LogP contribution in [0.1, 0.15) is 64.0 Å². The van der Waals surface area contributed by atoms with Crippen LogP contribution in [0.2, 0.25) is 0 Å². The number of likely N-dealkylation sites (tertiary alicyclic amines) is 1. The lowest BCUT2D eigenvalue weighted by Gasteiger charge is -2.29. The molecule has 1 aliphatic rings. The van der Waals surface area contributed by atoms with Crippen LogP contribution in [0.15, 0.2) is 29.3 Å². The fourth-order valence-electron chi connectivity index (χ4n) is 3.62. The number of aliphatic hydroxyl groups is 1. The van der Waals surface area contributed by atoms with Gasteiger partial charge in [0.1, 0.15) is 0 Å². The lowest BCUT2D eigenvalue weighted by atomic mass is 10.0. The minimum absolute atomic E-state index is 0. The lowest BCUT2D eigenvalue weighted by molar-refractivity contribution is 0.0792. The average molecular weight is 517 g/mol.